The smallest absolute Gasteiger partial charge is 0.292 e. The van der Waals surface area contributed by atoms with Gasteiger partial charge in [0.05, 0.1) is 25.4 Å². The minimum Gasteiger partial charge on any atom is -0.338 e. The number of fused-ring (bicyclic) bond motifs is 2. The number of benzene rings is 2. The number of anilines is 1. The third-order valence-corrected chi connectivity index (χ3v) is 5.31. The Kier molecular flexibility index (Phi) is 4.46. The molecular formula is C19H17Cl2NO3. The van der Waals surface area contributed by atoms with Crippen molar-refractivity contribution < 1.29 is 14.3 Å². The van der Waals surface area contributed by atoms with E-state index in [9.17, 15) is 4.79 Å². The Morgan fingerprint density at radius 3 is 2.28 bits per heavy atom. The van der Waals surface area contributed by atoms with E-state index < -0.39 is 5.79 Å². The van der Waals surface area contributed by atoms with Crippen molar-refractivity contribution in [3.63, 3.8) is 0 Å². The first-order valence-corrected chi connectivity index (χ1v) is 9.01. The van der Waals surface area contributed by atoms with Crippen molar-refractivity contribution in [2.24, 2.45) is 0 Å². The van der Waals surface area contributed by atoms with Crippen LogP contribution >= 0.6 is 23.2 Å². The number of para-hydroxylation sites is 1. The van der Waals surface area contributed by atoms with E-state index >= 15 is 0 Å². The molecule has 4 rings (SSSR count). The number of nitrogens with zero attached hydrogens (tertiary/aromatic N) is 1. The number of ether oxygens (including phenoxy) is 2. The predicted molar refractivity (Wildman–Crippen MR) is 96.9 cm³/mol. The van der Waals surface area contributed by atoms with Crippen molar-refractivity contribution >= 4 is 34.8 Å². The molecule has 25 heavy (non-hydrogen) atoms. The Hall–Kier alpha value is -1.59. The SMILES string of the molecule is O=C1N(Cc2c(Cl)cccc2Cl)c2ccccc2C12OCCCCO2. The third kappa shape index (κ3) is 2.74. The third-order valence-electron chi connectivity index (χ3n) is 4.60. The van der Waals surface area contributed by atoms with Gasteiger partial charge < -0.3 is 14.4 Å². The molecule has 0 aromatic heterocycles. The lowest BCUT2D eigenvalue weighted by molar-refractivity contribution is -0.222. The van der Waals surface area contributed by atoms with E-state index in [1.807, 2.05) is 24.3 Å². The van der Waals surface area contributed by atoms with Crippen molar-refractivity contribution in [1.82, 2.24) is 0 Å². The average molecular weight is 378 g/mol. The summed E-state index contributed by atoms with van der Waals surface area (Å²) in [5.41, 5.74) is 2.22. The van der Waals surface area contributed by atoms with Gasteiger partial charge in [-0.25, -0.2) is 0 Å². The lowest BCUT2D eigenvalue weighted by Gasteiger charge is -2.27. The van der Waals surface area contributed by atoms with Crippen LogP contribution in [0.15, 0.2) is 42.5 Å². The van der Waals surface area contributed by atoms with Crippen molar-refractivity contribution in [3.05, 3.63) is 63.6 Å². The Labute approximate surface area is 156 Å². The van der Waals surface area contributed by atoms with Gasteiger partial charge in [0, 0.05) is 21.2 Å². The van der Waals surface area contributed by atoms with Crippen LogP contribution in [0.2, 0.25) is 10.0 Å². The molecule has 1 amide bonds. The molecule has 6 heteroatoms. The van der Waals surface area contributed by atoms with E-state index in [0.717, 1.165) is 24.1 Å². The summed E-state index contributed by atoms with van der Waals surface area (Å²) in [4.78, 5) is 15.0. The molecule has 1 spiro atoms. The molecule has 2 aliphatic rings. The largest absolute Gasteiger partial charge is 0.338 e. The van der Waals surface area contributed by atoms with Crippen LogP contribution in [0.4, 0.5) is 5.69 Å². The molecule has 0 aliphatic carbocycles. The second kappa shape index (κ2) is 6.61. The number of carbonyl (C=O) groups excluding carboxylic acids is 1. The molecule has 2 aromatic rings. The predicted octanol–water partition coefficient (Wildman–Crippen LogP) is 4.52. The summed E-state index contributed by atoms with van der Waals surface area (Å²) >= 11 is 12.6. The fourth-order valence-electron chi connectivity index (χ4n) is 3.34. The van der Waals surface area contributed by atoms with Crippen LogP contribution in [0.5, 0.6) is 0 Å². The van der Waals surface area contributed by atoms with Crippen LogP contribution in [0.3, 0.4) is 0 Å². The number of hydrogen-bond acceptors (Lipinski definition) is 3. The van der Waals surface area contributed by atoms with Crippen LogP contribution in [-0.4, -0.2) is 19.1 Å². The van der Waals surface area contributed by atoms with Crippen molar-refractivity contribution in [2.45, 2.75) is 25.2 Å². The second-order valence-electron chi connectivity index (χ2n) is 6.13. The number of halogens is 2. The highest BCUT2D eigenvalue weighted by molar-refractivity contribution is 6.36. The van der Waals surface area contributed by atoms with Crippen LogP contribution in [0, 0.1) is 0 Å². The number of amides is 1. The maximum absolute atomic E-state index is 13.3. The highest BCUT2D eigenvalue weighted by Gasteiger charge is 2.54. The molecule has 0 atom stereocenters. The first-order chi connectivity index (χ1) is 12.1. The van der Waals surface area contributed by atoms with Gasteiger partial charge in [0.15, 0.2) is 0 Å². The highest BCUT2D eigenvalue weighted by atomic mass is 35.5. The summed E-state index contributed by atoms with van der Waals surface area (Å²) in [6.45, 7) is 1.24. The minimum absolute atomic E-state index is 0.230. The maximum Gasteiger partial charge on any atom is 0.292 e. The van der Waals surface area contributed by atoms with Crippen LogP contribution in [0.1, 0.15) is 24.0 Å². The van der Waals surface area contributed by atoms with Gasteiger partial charge >= 0.3 is 0 Å². The van der Waals surface area contributed by atoms with E-state index in [2.05, 4.69) is 0 Å². The molecule has 1 fully saturated rings. The van der Waals surface area contributed by atoms with E-state index in [-0.39, 0.29) is 12.5 Å². The quantitative estimate of drug-likeness (QED) is 0.771. The Bertz CT molecular complexity index is 796. The molecule has 0 saturated carbocycles. The zero-order valence-electron chi connectivity index (χ0n) is 13.5. The van der Waals surface area contributed by atoms with E-state index in [0.29, 0.717) is 28.8 Å². The van der Waals surface area contributed by atoms with E-state index in [1.54, 1.807) is 23.1 Å². The van der Waals surface area contributed by atoms with Gasteiger partial charge in [-0.1, -0.05) is 47.5 Å². The highest BCUT2D eigenvalue weighted by Crippen LogP contribution is 2.45. The molecule has 0 radical (unpaired) electrons. The van der Waals surface area contributed by atoms with Crippen LogP contribution < -0.4 is 4.90 Å². The lowest BCUT2D eigenvalue weighted by Crippen LogP contribution is -2.44. The second-order valence-corrected chi connectivity index (χ2v) is 6.94. The minimum atomic E-state index is -1.36. The van der Waals surface area contributed by atoms with Crippen molar-refractivity contribution in [2.75, 3.05) is 18.1 Å². The van der Waals surface area contributed by atoms with Crippen molar-refractivity contribution in [3.8, 4) is 0 Å². The number of hydrogen-bond donors (Lipinski definition) is 0. The summed E-state index contributed by atoms with van der Waals surface area (Å²) in [5.74, 6) is -1.59. The van der Waals surface area contributed by atoms with Crippen LogP contribution in [-0.2, 0) is 26.6 Å². The topological polar surface area (TPSA) is 38.8 Å². The molecule has 2 aliphatic heterocycles. The summed E-state index contributed by atoms with van der Waals surface area (Å²) in [5, 5.41) is 1.06. The van der Waals surface area contributed by atoms with Crippen molar-refractivity contribution in [1.29, 1.82) is 0 Å². The molecule has 2 heterocycles. The standard InChI is InChI=1S/C19H17Cl2NO3/c20-15-7-5-8-16(21)13(15)12-22-17-9-2-1-6-14(17)19(18(22)23)24-10-3-4-11-25-19/h1-2,5-9H,3-4,10-12H2. The fourth-order valence-corrected chi connectivity index (χ4v) is 3.86. The maximum atomic E-state index is 13.3. The first kappa shape index (κ1) is 16.9. The normalized spacial score (nSPS) is 19.1. The molecule has 1 saturated heterocycles. The molecule has 4 nitrogen and oxygen atoms in total. The van der Waals surface area contributed by atoms with Gasteiger partial charge in [-0.15, -0.1) is 0 Å². The van der Waals surface area contributed by atoms with Gasteiger partial charge in [-0.05, 0) is 31.0 Å². The van der Waals surface area contributed by atoms with Gasteiger partial charge in [-0.2, -0.15) is 0 Å². The summed E-state index contributed by atoms with van der Waals surface area (Å²) < 4.78 is 11.9. The van der Waals surface area contributed by atoms with Gasteiger partial charge in [0.25, 0.3) is 11.7 Å². The Morgan fingerprint density at radius 1 is 0.960 bits per heavy atom. The Balaban J connectivity index is 1.78. The van der Waals surface area contributed by atoms with Crippen LogP contribution in [0.25, 0.3) is 0 Å². The molecule has 0 unspecified atom stereocenters. The molecular weight excluding hydrogens is 361 g/mol. The average Bonchev–Trinajstić information content (AvgIpc) is 2.77. The van der Waals surface area contributed by atoms with E-state index in [1.165, 1.54) is 0 Å². The molecule has 0 bridgehead atoms. The van der Waals surface area contributed by atoms with Gasteiger partial charge in [-0.3, -0.25) is 4.79 Å². The zero-order chi connectivity index (χ0) is 17.4. The molecule has 0 N–H and O–H groups in total. The number of carbonyl (C=O) groups is 1. The van der Waals surface area contributed by atoms with E-state index in [4.69, 9.17) is 32.7 Å². The summed E-state index contributed by atoms with van der Waals surface area (Å²) in [6, 6.07) is 12.9. The Morgan fingerprint density at radius 2 is 1.60 bits per heavy atom. The fraction of sp³-hybridized carbons (Fsp3) is 0.316. The summed E-state index contributed by atoms with van der Waals surface area (Å²) in [7, 11) is 0. The zero-order valence-corrected chi connectivity index (χ0v) is 15.0. The molecule has 130 valence electrons. The van der Waals surface area contributed by atoms with Gasteiger partial charge in [0.2, 0.25) is 0 Å². The monoisotopic (exact) mass is 377 g/mol. The molecule has 2 aromatic carbocycles. The van der Waals surface area contributed by atoms with Gasteiger partial charge in [0.1, 0.15) is 0 Å². The first-order valence-electron chi connectivity index (χ1n) is 8.26. The lowest BCUT2D eigenvalue weighted by atomic mass is 10.1. The number of rotatable bonds is 2. The summed E-state index contributed by atoms with van der Waals surface area (Å²) in [6.07, 6.45) is 1.74.